The molecule has 30 heavy (non-hydrogen) atoms. The van der Waals surface area contributed by atoms with Crippen LogP contribution in [0.25, 0.3) is 10.9 Å². The van der Waals surface area contributed by atoms with Crippen LogP contribution in [0, 0.1) is 6.92 Å². The minimum atomic E-state index is 0.244. The number of fused-ring (bicyclic) bond motifs is 1. The fourth-order valence-electron chi connectivity index (χ4n) is 3.40. The SMILES string of the molecule is Cc1cc(Nc2cccc(OCC(C)NCc3ccccc3)c2)c2ccccc2n1. The van der Waals surface area contributed by atoms with Crippen LogP contribution in [-0.4, -0.2) is 17.6 Å². The van der Waals surface area contributed by atoms with Gasteiger partial charge in [-0.3, -0.25) is 4.98 Å². The van der Waals surface area contributed by atoms with E-state index in [4.69, 9.17) is 4.74 Å². The molecule has 4 nitrogen and oxygen atoms in total. The topological polar surface area (TPSA) is 46.2 Å². The lowest BCUT2D eigenvalue weighted by molar-refractivity contribution is 0.272. The van der Waals surface area contributed by atoms with Gasteiger partial charge >= 0.3 is 0 Å². The smallest absolute Gasteiger partial charge is 0.121 e. The van der Waals surface area contributed by atoms with Crippen molar-refractivity contribution in [3.05, 3.63) is 96.2 Å². The van der Waals surface area contributed by atoms with Gasteiger partial charge in [0.1, 0.15) is 12.4 Å². The lowest BCUT2D eigenvalue weighted by atomic mass is 10.1. The van der Waals surface area contributed by atoms with E-state index in [2.05, 4.69) is 65.0 Å². The Morgan fingerprint density at radius 2 is 1.70 bits per heavy atom. The first-order valence-electron chi connectivity index (χ1n) is 10.3. The molecule has 0 amide bonds. The van der Waals surface area contributed by atoms with Crippen LogP contribution in [0.2, 0.25) is 0 Å². The lowest BCUT2D eigenvalue weighted by Gasteiger charge is -2.16. The molecule has 4 aromatic rings. The van der Waals surface area contributed by atoms with Gasteiger partial charge in [-0.2, -0.15) is 0 Å². The molecular weight excluding hydrogens is 370 g/mol. The van der Waals surface area contributed by atoms with Crippen LogP contribution in [0.3, 0.4) is 0 Å². The molecule has 2 N–H and O–H groups in total. The molecular formula is C26H27N3O. The fourth-order valence-corrected chi connectivity index (χ4v) is 3.40. The van der Waals surface area contributed by atoms with E-state index in [1.54, 1.807) is 0 Å². The van der Waals surface area contributed by atoms with Gasteiger partial charge in [0, 0.05) is 41.1 Å². The summed E-state index contributed by atoms with van der Waals surface area (Å²) in [5, 5.41) is 8.13. The molecule has 1 aromatic heterocycles. The molecule has 0 aliphatic carbocycles. The number of aryl methyl sites for hydroxylation is 1. The number of ether oxygens (including phenoxy) is 1. The molecule has 0 aliphatic heterocycles. The van der Waals surface area contributed by atoms with Gasteiger partial charge in [0.25, 0.3) is 0 Å². The van der Waals surface area contributed by atoms with Gasteiger partial charge in [-0.15, -0.1) is 0 Å². The van der Waals surface area contributed by atoms with Crippen molar-refractivity contribution < 1.29 is 4.74 Å². The Morgan fingerprint density at radius 1 is 0.900 bits per heavy atom. The maximum atomic E-state index is 6.03. The summed E-state index contributed by atoms with van der Waals surface area (Å²) in [7, 11) is 0. The summed E-state index contributed by atoms with van der Waals surface area (Å²) in [6, 6.07) is 29.0. The summed E-state index contributed by atoms with van der Waals surface area (Å²) in [6.45, 7) is 5.59. The molecule has 0 bridgehead atoms. The molecule has 152 valence electrons. The molecule has 1 heterocycles. The Hall–Kier alpha value is -3.37. The molecule has 0 fully saturated rings. The number of rotatable bonds is 8. The number of para-hydroxylation sites is 1. The number of benzene rings is 3. The number of nitrogens with one attached hydrogen (secondary N) is 2. The van der Waals surface area contributed by atoms with Crippen molar-refractivity contribution in [3.8, 4) is 5.75 Å². The third-order valence-corrected chi connectivity index (χ3v) is 4.95. The normalized spacial score (nSPS) is 11.9. The fraction of sp³-hybridized carbons (Fsp3) is 0.192. The van der Waals surface area contributed by atoms with Crippen molar-refractivity contribution in [3.63, 3.8) is 0 Å². The van der Waals surface area contributed by atoms with Gasteiger partial charge in [0.15, 0.2) is 0 Å². The standard InChI is InChI=1S/C26H27N3O/c1-19-15-26(24-13-6-7-14-25(24)28-19)29-22-11-8-12-23(16-22)30-18-20(2)27-17-21-9-4-3-5-10-21/h3-16,20,27H,17-18H2,1-2H3,(H,28,29). The molecule has 1 atom stereocenters. The minimum Gasteiger partial charge on any atom is -0.492 e. The first-order chi connectivity index (χ1) is 14.7. The lowest BCUT2D eigenvalue weighted by Crippen LogP contribution is -2.31. The van der Waals surface area contributed by atoms with Gasteiger partial charge in [0.2, 0.25) is 0 Å². The first kappa shape index (κ1) is 19.9. The van der Waals surface area contributed by atoms with E-state index in [0.29, 0.717) is 6.61 Å². The van der Waals surface area contributed by atoms with E-state index < -0.39 is 0 Å². The summed E-state index contributed by atoms with van der Waals surface area (Å²) in [5.74, 6) is 0.850. The van der Waals surface area contributed by atoms with Gasteiger partial charge in [-0.25, -0.2) is 0 Å². The van der Waals surface area contributed by atoms with Crippen molar-refractivity contribution >= 4 is 22.3 Å². The van der Waals surface area contributed by atoms with Gasteiger partial charge in [-0.1, -0.05) is 54.6 Å². The zero-order valence-electron chi connectivity index (χ0n) is 17.4. The Kier molecular flexibility index (Phi) is 6.26. The van der Waals surface area contributed by atoms with E-state index in [1.807, 2.05) is 49.4 Å². The first-order valence-corrected chi connectivity index (χ1v) is 10.3. The summed E-state index contributed by atoms with van der Waals surface area (Å²) in [6.07, 6.45) is 0. The number of pyridine rings is 1. The van der Waals surface area contributed by atoms with E-state index in [9.17, 15) is 0 Å². The predicted molar refractivity (Wildman–Crippen MR) is 124 cm³/mol. The van der Waals surface area contributed by atoms with Crippen LogP contribution in [0.15, 0.2) is 84.9 Å². The molecule has 0 spiro atoms. The second-order valence-electron chi connectivity index (χ2n) is 7.56. The van der Waals surface area contributed by atoms with Crippen LogP contribution >= 0.6 is 0 Å². The number of hydrogen-bond acceptors (Lipinski definition) is 4. The highest BCUT2D eigenvalue weighted by Gasteiger charge is 2.06. The predicted octanol–water partition coefficient (Wildman–Crippen LogP) is 5.84. The summed E-state index contributed by atoms with van der Waals surface area (Å²) in [4.78, 5) is 4.61. The Morgan fingerprint density at radius 3 is 2.57 bits per heavy atom. The maximum absolute atomic E-state index is 6.03. The van der Waals surface area contributed by atoms with Crippen molar-refractivity contribution in [2.45, 2.75) is 26.4 Å². The second kappa shape index (κ2) is 9.42. The highest BCUT2D eigenvalue weighted by Crippen LogP contribution is 2.28. The van der Waals surface area contributed by atoms with Crippen molar-refractivity contribution in [2.75, 3.05) is 11.9 Å². The highest BCUT2D eigenvalue weighted by atomic mass is 16.5. The highest BCUT2D eigenvalue weighted by molar-refractivity contribution is 5.93. The number of anilines is 2. The van der Waals surface area contributed by atoms with Gasteiger partial charge in [-0.05, 0) is 43.7 Å². The van der Waals surface area contributed by atoms with E-state index in [1.165, 1.54) is 5.56 Å². The Labute approximate surface area is 177 Å². The maximum Gasteiger partial charge on any atom is 0.121 e. The average Bonchev–Trinajstić information content (AvgIpc) is 2.77. The molecule has 4 rings (SSSR count). The Balaban J connectivity index is 1.38. The molecule has 1 unspecified atom stereocenters. The van der Waals surface area contributed by atoms with Crippen LogP contribution in [-0.2, 0) is 6.54 Å². The van der Waals surface area contributed by atoms with Gasteiger partial charge < -0.3 is 15.4 Å². The minimum absolute atomic E-state index is 0.244. The summed E-state index contributed by atoms with van der Waals surface area (Å²) >= 11 is 0. The zero-order valence-corrected chi connectivity index (χ0v) is 17.4. The van der Waals surface area contributed by atoms with Crippen LogP contribution in [0.5, 0.6) is 5.75 Å². The van der Waals surface area contributed by atoms with Gasteiger partial charge in [0.05, 0.1) is 5.52 Å². The van der Waals surface area contributed by atoms with Crippen molar-refractivity contribution in [2.24, 2.45) is 0 Å². The third kappa shape index (κ3) is 5.16. The largest absolute Gasteiger partial charge is 0.492 e. The number of hydrogen-bond donors (Lipinski definition) is 2. The van der Waals surface area contributed by atoms with E-state index in [0.717, 1.165) is 40.3 Å². The Bertz CT molecular complexity index is 1110. The quantitative estimate of drug-likeness (QED) is 0.392. The number of aromatic nitrogens is 1. The number of nitrogens with zero attached hydrogens (tertiary/aromatic N) is 1. The zero-order chi connectivity index (χ0) is 20.8. The monoisotopic (exact) mass is 397 g/mol. The van der Waals surface area contributed by atoms with Crippen LogP contribution in [0.1, 0.15) is 18.2 Å². The average molecular weight is 398 g/mol. The van der Waals surface area contributed by atoms with Crippen LogP contribution < -0.4 is 15.4 Å². The third-order valence-electron chi connectivity index (χ3n) is 4.95. The molecule has 4 heteroatoms. The summed E-state index contributed by atoms with van der Waals surface area (Å²) in [5.41, 5.74) is 5.30. The summed E-state index contributed by atoms with van der Waals surface area (Å²) < 4.78 is 6.03. The van der Waals surface area contributed by atoms with E-state index >= 15 is 0 Å². The van der Waals surface area contributed by atoms with Crippen molar-refractivity contribution in [1.82, 2.24) is 10.3 Å². The van der Waals surface area contributed by atoms with E-state index in [-0.39, 0.29) is 6.04 Å². The molecule has 0 aliphatic rings. The molecule has 0 saturated heterocycles. The molecule has 0 radical (unpaired) electrons. The molecule has 0 saturated carbocycles. The van der Waals surface area contributed by atoms with Crippen LogP contribution in [0.4, 0.5) is 11.4 Å². The second-order valence-corrected chi connectivity index (χ2v) is 7.56. The molecule has 3 aromatic carbocycles. The van der Waals surface area contributed by atoms with Crippen molar-refractivity contribution in [1.29, 1.82) is 0 Å².